The highest BCUT2D eigenvalue weighted by atomic mass is 35.5. The molecule has 2 aromatic carbocycles. The maximum Gasteiger partial charge on any atom is 0.511 e. The number of benzene rings is 2. The van der Waals surface area contributed by atoms with Crippen molar-refractivity contribution >= 4 is 35.6 Å². The summed E-state index contributed by atoms with van der Waals surface area (Å²) in [5, 5.41) is 13.5. The fourth-order valence-electron chi connectivity index (χ4n) is 3.30. The van der Waals surface area contributed by atoms with E-state index in [4.69, 9.17) is 21.1 Å². The van der Waals surface area contributed by atoms with Gasteiger partial charge in [-0.1, -0.05) is 48.0 Å². The number of aliphatic hydroxyl groups is 1. The van der Waals surface area contributed by atoms with E-state index < -0.39 is 48.5 Å². The Morgan fingerprint density at radius 2 is 1.66 bits per heavy atom. The number of ether oxygens (including phenoxy) is 4. The predicted octanol–water partition coefficient (Wildman–Crippen LogP) is 3.80. The summed E-state index contributed by atoms with van der Waals surface area (Å²) < 4.78 is 18.9. The summed E-state index contributed by atoms with van der Waals surface area (Å²) in [6.07, 6.45) is -2.83. The molecule has 0 saturated carbocycles. The van der Waals surface area contributed by atoms with Gasteiger partial charge in [0.25, 0.3) is 0 Å². The fourth-order valence-corrected chi connectivity index (χ4v) is 3.50. The molecule has 10 nitrogen and oxygen atoms in total. The molecule has 0 aromatic heterocycles. The first-order chi connectivity index (χ1) is 17.9. The molecule has 38 heavy (non-hydrogen) atoms. The highest BCUT2D eigenvalue weighted by molar-refractivity contribution is 6.32. The Bertz CT molecular complexity index is 1110. The first kappa shape index (κ1) is 30.6. The van der Waals surface area contributed by atoms with Gasteiger partial charge in [0.15, 0.2) is 6.10 Å². The summed E-state index contributed by atoms with van der Waals surface area (Å²) in [5.41, 5.74) is 1.71. The zero-order chi connectivity index (χ0) is 28.3. The van der Waals surface area contributed by atoms with E-state index in [0.717, 1.165) is 16.7 Å². The molecule has 0 aliphatic heterocycles. The summed E-state index contributed by atoms with van der Waals surface area (Å²) in [6, 6.07) is 13.9. The van der Waals surface area contributed by atoms with Crippen LogP contribution in [-0.4, -0.2) is 60.3 Å². The lowest BCUT2D eigenvalue weighted by Crippen LogP contribution is -2.45. The van der Waals surface area contributed by atoms with Crippen molar-refractivity contribution in [2.75, 3.05) is 13.4 Å². The van der Waals surface area contributed by atoms with E-state index in [2.05, 4.69) is 14.8 Å². The predicted molar refractivity (Wildman–Crippen MR) is 138 cm³/mol. The normalized spacial score (nSPS) is 12.6. The van der Waals surface area contributed by atoms with Gasteiger partial charge in [-0.05, 0) is 62.9 Å². The van der Waals surface area contributed by atoms with Crippen LogP contribution in [0.1, 0.15) is 39.7 Å². The minimum Gasteiger partial charge on any atom is -0.453 e. The molecule has 0 aliphatic carbocycles. The van der Waals surface area contributed by atoms with E-state index in [1.54, 1.807) is 33.8 Å². The van der Waals surface area contributed by atoms with Crippen molar-refractivity contribution in [2.45, 2.75) is 58.3 Å². The second kappa shape index (κ2) is 14.3. The molecule has 0 saturated heterocycles. The maximum absolute atomic E-state index is 12.5. The van der Waals surface area contributed by atoms with E-state index in [1.807, 2.05) is 42.5 Å². The van der Waals surface area contributed by atoms with Gasteiger partial charge in [0, 0.05) is 17.5 Å². The number of halogens is 1. The van der Waals surface area contributed by atoms with Crippen LogP contribution in [0.5, 0.6) is 0 Å². The van der Waals surface area contributed by atoms with E-state index in [0.29, 0.717) is 5.02 Å². The van der Waals surface area contributed by atoms with Crippen molar-refractivity contribution < 1.29 is 43.2 Å². The van der Waals surface area contributed by atoms with Gasteiger partial charge in [0.05, 0.1) is 6.61 Å². The van der Waals surface area contributed by atoms with Crippen LogP contribution in [0.15, 0.2) is 48.5 Å². The summed E-state index contributed by atoms with van der Waals surface area (Å²) in [7, 11) is 0. The monoisotopic (exact) mass is 549 g/mol. The molecule has 0 fully saturated rings. The smallest absolute Gasteiger partial charge is 0.453 e. The second-order valence-electron chi connectivity index (χ2n) is 9.24. The third kappa shape index (κ3) is 10.8. The second-order valence-corrected chi connectivity index (χ2v) is 9.68. The molecule has 2 atom stereocenters. The van der Waals surface area contributed by atoms with Gasteiger partial charge in [-0.15, -0.1) is 0 Å². The Labute approximate surface area is 226 Å². The van der Waals surface area contributed by atoms with E-state index >= 15 is 0 Å². The minimum atomic E-state index is -1.68. The lowest BCUT2D eigenvalue weighted by molar-refractivity contribution is -0.165. The third-order valence-electron chi connectivity index (χ3n) is 4.93. The van der Waals surface area contributed by atoms with E-state index in [-0.39, 0.29) is 19.4 Å². The molecule has 11 heteroatoms. The Hall–Kier alpha value is -3.63. The van der Waals surface area contributed by atoms with Crippen molar-refractivity contribution in [1.82, 2.24) is 5.32 Å². The van der Waals surface area contributed by atoms with Crippen LogP contribution in [0, 0.1) is 0 Å². The molecule has 1 amide bonds. The van der Waals surface area contributed by atoms with Gasteiger partial charge >= 0.3 is 24.0 Å². The van der Waals surface area contributed by atoms with Crippen LogP contribution in [0.3, 0.4) is 0 Å². The van der Waals surface area contributed by atoms with Crippen molar-refractivity contribution in [3.8, 4) is 11.1 Å². The Morgan fingerprint density at radius 1 is 0.974 bits per heavy atom. The molecule has 2 rings (SSSR count). The molecule has 2 aromatic rings. The summed E-state index contributed by atoms with van der Waals surface area (Å²) >= 11 is 6.07. The number of aliphatic hydroxyl groups excluding tert-OH is 1. The number of esters is 2. The molecule has 0 unspecified atom stereocenters. The number of rotatable bonds is 10. The standard InChI is InChI=1S/C27H32ClNO9/c1-5-35-26(34)37-16-36-24(32)22(30)15-21(29-23(31)25(33)38-27(2,3)4)13-17-9-11-18(12-10-17)19-7-6-8-20(28)14-19/h6-12,14,21-22,30H,5,13,15-16H2,1-4H3,(H,29,31)/t21-,22-/m1/s1. The molecule has 0 heterocycles. The summed E-state index contributed by atoms with van der Waals surface area (Å²) in [5.74, 6) is -3.20. The molecule has 2 N–H and O–H groups in total. The Morgan fingerprint density at radius 3 is 2.26 bits per heavy atom. The van der Waals surface area contributed by atoms with Crippen molar-refractivity contribution in [3.63, 3.8) is 0 Å². The molecular weight excluding hydrogens is 518 g/mol. The lowest BCUT2D eigenvalue weighted by atomic mass is 9.98. The molecule has 0 bridgehead atoms. The lowest BCUT2D eigenvalue weighted by Gasteiger charge is -2.23. The SMILES string of the molecule is CCOC(=O)OCOC(=O)[C@H](O)C[C@@H](Cc1ccc(-c2cccc(Cl)c2)cc1)NC(=O)C(=O)OC(C)(C)C. The average molecular weight is 550 g/mol. The first-order valence-electron chi connectivity index (χ1n) is 11.9. The van der Waals surface area contributed by atoms with Crippen LogP contribution in [0.25, 0.3) is 11.1 Å². The Balaban J connectivity index is 2.10. The average Bonchev–Trinajstić information content (AvgIpc) is 2.83. The summed E-state index contributed by atoms with van der Waals surface area (Å²) in [4.78, 5) is 48.1. The number of carbonyl (C=O) groups excluding carboxylic acids is 4. The van der Waals surface area contributed by atoms with Gasteiger partial charge < -0.3 is 29.4 Å². The largest absolute Gasteiger partial charge is 0.511 e. The van der Waals surface area contributed by atoms with Crippen molar-refractivity contribution in [3.05, 3.63) is 59.1 Å². The summed E-state index contributed by atoms with van der Waals surface area (Å²) in [6.45, 7) is 5.76. The molecule has 0 spiro atoms. The topological polar surface area (TPSA) is 137 Å². The van der Waals surface area contributed by atoms with Gasteiger partial charge in [0.1, 0.15) is 5.60 Å². The maximum atomic E-state index is 12.5. The number of amides is 1. The van der Waals surface area contributed by atoms with Crippen LogP contribution < -0.4 is 5.32 Å². The fraction of sp³-hybridized carbons (Fsp3) is 0.407. The molecule has 206 valence electrons. The van der Waals surface area contributed by atoms with Crippen molar-refractivity contribution in [2.24, 2.45) is 0 Å². The van der Waals surface area contributed by atoms with Gasteiger partial charge in [0.2, 0.25) is 6.79 Å². The molecule has 0 radical (unpaired) electrons. The van der Waals surface area contributed by atoms with E-state index in [1.165, 1.54) is 0 Å². The Kier molecular flexibility index (Phi) is 11.5. The zero-order valence-corrected chi connectivity index (χ0v) is 22.4. The van der Waals surface area contributed by atoms with E-state index in [9.17, 15) is 24.3 Å². The van der Waals surface area contributed by atoms with Crippen LogP contribution in [-0.2, 0) is 39.8 Å². The van der Waals surface area contributed by atoms with Crippen LogP contribution in [0.4, 0.5) is 4.79 Å². The van der Waals surface area contributed by atoms with Gasteiger partial charge in [-0.3, -0.25) is 4.79 Å². The highest BCUT2D eigenvalue weighted by Gasteiger charge is 2.28. The number of hydrogen-bond donors (Lipinski definition) is 2. The highest BCUT2D eigenvalue weighted by Crippen LogP contribution is 2.23. The van der Waals surface area contributed by atoms with Crippen molar-refractivity contribution in [1.29, 1.82) is 0 Å². The third-order valence-corrected chi connectivity index (χ3v) is 5.17. The minimum absolute atomic E-state index is 0.0779. The molecule has 0 aliphatic rings. The quantitative estimate of drug-likeness (QED) is 0.196. The number of carbonyl (C=O) groups is 4. The molecular formula is C27H32ClNO9. The number of nitrogens with one attached hydrogen (secondary N) is 1. The first-order valence-corrected chi connectivity index (χ1v) is 12.3. The van der Waals surface area contributed by atoms with Gasteiger partial charge in [-0.25, -0.2) is 14.4 Å². The van der Waals surface area contributed by atoms with Crippen LogP contribution >= 0.6 is 11.6 Å². The van der Waals surface area contributed by atoms with Crippen LogP contribution in [0.2, 0.25) is 5.02 Å². The zero-order valence-electron chi connectivity index (χ0n) is 21.7. The number of hydrogen-bond acceptors (Lipinski definition) is 9. The van der Waals surface area contributed by atoms with Gasteiger partial charge in [-0.2, -0.15) is 0 Å².